The third-order valence-electron chi connectivity index (χ3n) is 5.60. The fourth-order valence-corrected chi connectivity index (χ4v) is 6.40. The lowest BCUT2D eigenvalue weighted by Gasteiger charge is -2.11. The van der Waals surface area contributed by atoms with Crippen molar-refractivity contribution in [1.82, 2.24) is 4.57 Å². The lowest BCUT2D eigenvalue weighted by atomic mass is 10.2. The average molecular weight is 459 g/mol. The van der Waals surface area contributed by atoms with Crippen molar-refractivity contribution in [2.24, 2.45) is 0 Å². The molecule has 32 heavy (non-hydrogen) atoms. The molecular formula is C26H24N3OS2+. The van der Waals surface area contributed by atoms with Gasteiger partial charge in [0, 0.05) is 42.3 Å². The average Bonchev–Trinajstić information content (AvgIpc) is 3.32. The number of pyridine rings is 1. The van der Waals surface area contributed by atoms with Gasteiger partial charge in [-0.2, -0.15) is 4.57 Å². The molecule has 0 N–H and O–H groups in total. The summed E-state index contributed by atoms with van der Waals surface area (Å²) in [5.41, 5.74) is 3.55. The Morgan fingerprint density at radius 1 is 0.969 bits per heavy atom. The second-order valence-corrected chi connectivity index (χ2v) is 9.70. The first-order valence-electron chi connectivity index (χ1n) is 10.6. The second-order valence-electron chi connectivity index (χ2n) is 7.64. The fourth-order valence-electron chi connectivity index (χ4n) is 3.94. The summed E-state index contributed by atoms with van der Waals surface area (Å²) in [7, 11) is 2.04. The normalized spacial score (nSPS) is 15.3. The first-order chi connectivity index (χ1) is 15.7. The molecule has 4 nitrogen and oxygen atoms in total. The van der Waals surface area contributed by atoms with E-state index in [0.717, 1.165) is 32.2 Å². The van der Waals surface area contributed by atoms with Gasteiger partial charge in [0.2, 0.25) is 5.69 Å². The van der Waals surface area contributed by atoms with Crippen molar-refractivity contribution in [1.29, 1.82) is 0 Å². The van der Waals surface area contributed by atoms with Gasteiger partial charge in [-0.25, -0.2) is 0 Å². The number of rotatable bonds is 4. The highest BCUT2D eigenvalue weighted by molar-refractivity contribution is 8.08. The molecule has 4 aromatic rings. The summed E-state index contributed by atoms with van der Waals surface area (Å²) in [6.45, 7) is 3.46. The highest BCUT2D eigenvalue weighted by atomic mass is 32.2. The lowest BCUT2D eigenvalue weighted by molar-refractivity contribution is -0.690. The van der Waals surface area contributed by atoms with Gasteiger partial charge in [0.15, 0.2) is 12.7 Å². The number of hydrogen-bond donors (Lipinski definition) is 0. The van der Waals surface area contributed by atoms with Crippen molar-refractivity contribution in [2.45, 2.75) is 24.9 Å². The minimum Gasteiger partial charge on any atom is -0.337 e. The van der Waals surface area contributed by atoms with Crippen LogP contribution in [0.25, 0.3) is 11.1 Å². The Balaban J connectivity index is 1.64. The fraction of sp³-hybridized carbons (Fsp3) is 0.154. The van der Waals surface area contributed by atoms with Gasteiger partial charge in [0.25, 0.3) is 5.56 Å². The van der Waals surface area contributed by atoms with E-state index in [2.05, 4.69) is 64.2 Å². The van der Waals surface area contributed by atoms with Crippen molar-refractivity contribution in [3.63, 3.8) is 0 Å². The standard InChI is InChI=1S/C26H24N3OS2/c1-3-29-23(17-20-13-9-10-16-28(20)18-19-11-5-4-6-12-19)32-24(25(29)30)26-27(2)21-14-7-8-15-22(21)31-26/h4-17H,3,18H2,1-2H3/q+1/b26-24+. The minimum atomic E-state index is 0.0800. The zero-order valence-electron chi connectivity index (χ0n) is 18.1. The minimum absolute atomic E-state index is 0.0800. The highest BCUT2D eigenvalue weighted by Crippen LogP contribution is 2.44. The zero-order valence-corrected chi connectivity index (χ0v) is 19.7. The van der Waals surface area contributed by atoms with Gasteiger partial charge >= 0.3 is 0 Å². The van der Waals surface area contributed by atoms with E-state index in [4.69, 9.17) is 0 Å². The maximum Gasteiger partial charge on any atom is 0.271 e. The first-order valence-corrected chi connectivity index (χ1v) is 12.3. The quantitative estimate of drug-likeness (QED) is 0.439. The van der Waals surface area contributed by atoms with Gasteiger partial charge in [-0.1, -0.05) is 54.2 Å². The van der Waals surface area contributed by atoms with Crippen LogP contribution in [0.3, 0.4) is 0 Å². The predicted molar refractivity (Wildman–Crippen MR) is 133 cm³/mol. The van der Waals surface area contributed by atoms with Crippen LogP contribution in [0.15, 0.2) is 88.7 Å². The summed E-state index contributed by atoms with van der Waals surface area (Å²) in [6, 6.07) is 24.9. The van der Waals surface area contributed by atoms with Crippen LogP contribution in [0.2, 0.25) is 0 Å². The van der Waals surface area contributed by atoms with Gasteiger partial charge in [0.05, 0.1) is 5.69 Å². The largest absolute Gasteiger partial charge is 0.337 e. The Bertz CT molecular complexity index is 1450. The summed E-state index contributed by atoms with van der Waals surface area (Å²) in [5, 5.41) is 1.01. The maximum absolute atomic E-state index is 13.4. The second kappa shape index (κ2) is 8.81. The molecule has 0 bridgehead atoms. The highest BCUT2D eigenvalue weighted by Gasteiger charge is 2.24. The van der Waals surface area contributed by atoms with E-state index in [-0.39, 0.29) is 5.56 Å². The smallest absolute Gasteiger partial charge is 0.271 e. The Labute approximate surface area is 195 Å². The number of anilines is 1. The van der Waals surface area contributed by atoms with E-state index in [0.29, 0.717) is 6.54 Å². The van der Waals surface area contributed by atoms with Crippen LogP contribution in [-0.2, 0) is 13.1 Å². The van der Waals surface area contributed by atoms with E-state index in [9.17, 15) is 4.79 Å². The number of thiazole rings is 1. The summed E-state index contributed by atoms with van der Waals surface area (Å²) < 4.78 is 5.87. The monoisotopic (exact) mass is 458 g/mol. The van der Waals surface area contributed by atoms with Gasteiger partial charge in [0.1, 0.15) is 14.2 Å². The molecule has 0 aliphatic carbocycles. The third kappa shape index (κ3) is 3.80. The molecule has 160 valence electrons. The van der Waals surface area contributed by atoms with Crippen LogP contribution < -0.4 is 24.2 Å². The molecule has 0 saturated carbocycles. The van der Waals surface area contributed by atoms with E-state index in [1.54, 1.807) is 23.1 Å². The number of benzene rings is 2. The molecule has 2 aromatic carbocycles. The van der Waals surface area contributed by atoms with Crippen molar-refractivity contribution in [3.05, 3.63) is 110 Å². The molecule has 0 radical (unpaired) electrons. The Hall–Kier alpha value is -3.09. The number of thioether (sulfide) groups is 1. The third-order valence-corrected chi connectivity index (χ3v) is 8.09. The summed E-state index contributed by atoms with van der Waals surface area (Å²) in [4.78, 5) is 16.7. The molecular weight excluding hydrogens is 434 g/mol. The van der Waals surface area contributed by atoms with Gasteiger partial charge in [-0.05, 0) is 25.1 Å². The number of nitrogens with zero attached hydrogens (tertiary/aromatic N) is 3. The molecule has 6 heteroatoms. The number of fused-ring (bicyclic) bond motifs is 1. The van der Waals surface area contributed by atoms with Crippen LogP contribution in [0, 0.1) is 0 Å². The summed E-state index contributed by atoms with van der Waals surface area (Å²) in [6.07, 6.45) is 4.23. The van der Waals surface area contributed by atoms with Gasteiger partial charge in [-0.3, -0.25) is 9.36 Å². The van der Waals surface area contributed by atoms with Gasteiger partial charge in [-0.15, -0.1) is 11.3 Å². The van der Waals surface area contributed by atoms with Gasteiger partial charge < -0.3 is 4.90 Å². The molecule has 0 amide bonds. The lowest BCUT2D eigenvalue weighted by Crippen LogP contribution is -2.38. The Morgan fingerprint density at radius 2 is 1.72 bits per heavy atom. The SMILES string of the molecule is CCn1c(=O)/c(=C2\Sc3ccccc3N2C)s/c1=C\c1cccc[n+]1Cc1ccccc1. The van der Waals surface area contributed by atoms with Crippen molar-refractivity contribution in [3.8, 4) is 0 Å². The van der Waals surface area contributed by atoms with Crippen LogP contribution in [-0.4, -0.2) is 11.6 Å². The van der Waals surface area contributed by atoms with Crippen LogP contribution in [0.4, 0.5) is 5.69 Å². The number of aromatic nitrogens is 2. The van der Waals surface area contributed by atoms with E-state index in [1.807, 2.05) is 48.9 Å². The molecule has 0 unspecified atom stereocenters. The van der Waals surface area contributed by atoms with Crippen LogP contribution in [0.1, 0.15) is 18.2 Å². The summed E-state index contributed by atoms with van der Waals surface area (Å²) >= 11 is 3.25. The van der Waals surface area contributed by atoms with E-state index < -0.39 is 0 Å². The maximum atomic E-state index is 13.4. The van der Waals surface area contributed by atoms with E-state index >= 15 is 0 Å². The summed E-state index contributed by atoms with van der Waals surface area (Å²) in [5.74, 6) is 0. The van der Waals surface area contributed by atoms with Crippen molar-refractivity contribution in [2.75, 3.05) is 11.9 Å². The molecule has 0 spiro atoms. The molecule has 1 aliphatic rings. The Kier molecular flexibility index (Phi) is 5.72. The zero-order chi connectivity index (χ0) is 22.1. The number of hydrogen-bond acceptors (Lipinski definition) is 4. The molecule has 2 aromatic heterocycles. The van der Waals surface area contributed by atoms with Crippen LogP contribution in [0.5, 0.6) is 0 Å². The Morgan fingerprint density at radius 3 is 2.50 bits per heavy atom. The van der Waals surface area contributed by atoms with Crippen LogP contribution >= 0.6 is 23.1 Å². The van der Waals surface area contributed by atoms with Crippen molar-refractivity contribution < 1.29 is 4.57 Å². The molecule has 0 saturated heterocycles. The topological polar surface area (TPSA) is 29.1 Å². The molecule has 1 aliphatic heterocycles. The number of para-hydroxylation sites is 1. The molecule has 3 heterocycles. The predicted octanol–water partition coefficient (Wildman–Crippen LogP) is 3.40. The molecule has 5 rings (SSSR count). The van der Waals surface area contributed by atoms with E-state index in [1.165, 1.54) is 10.5 Å². The first kappa shape index (κ1) is 20.8. The molecule has 0 fully saturated rings. The van der Waals surface area contributed by atoms with Crippen molar-refractivity contribution >= 4 is 39.9 Å². The molecule has 0 atom stereocenters.